The highest BCUT2D eigenvalue weighted by Gasteiger charge is 2.61. The minimum atomic E-state index is -0.0961. The minimum Gasteiger partial charge on any atom is -0.308 e. The molecular weight excluding hydrogens is 138 g/mol. The zero-order valence-electron chi connectivity index (χ0n) is 7.18. The Morgan fingerprint density at radius 2 is 2.18 bits per heavy atom. The molecule has 0 aromatic carbocycles. The van der Waals surface area contributed by atoms with E-state index < -0.39 is 0 Å². The van der Waals surface area contributed by atoms with Crippen LogP contribution < -0.4 is 5.32 Å². The Kier molecular flexibility index (Phi) is 1.37. The third-order valence-electron chi connectivity index (χ3n) is 3.28. The number of carbonyl (C=O) groups excluding carboxylic acids is 1. The van der Waals surface area contributed by atoms with Crippen LogP contribution in [0.3, 0.4) is 0 Å². The molecule has 0 bridgehead atoms. The molecular formula is C9H15NO. The van der Waals surface area contributed by atoms with E-state index in [9.17, 15) is 4.79 Å². The van der Waals surface area contributed by atoms with Gasteiger partial charge in [0.15, 0.2) is 0 Å². The van der Waals surface area contributed by atoms with E-state index in [0.717, 1.165) is 12.3 Å². The first kappa shape index (κ1) is 7.29. The summed E-state index contributed by atoms with van der Waals surface area (Å²) in [6.07, 6.45) is 3.78. The number of ketones is 1. The summed E-state index contributed by atoms with van der Waals surface area (Å²) in [6, 6.07) is 0. The Morgan fingerprint density at radius 3 is 2.45 bits per heavy atom. The first-order chi connectivity index (χ1) is 5.20. The summed E-state index contributed by atoms with van der Waals surface area (Å²) in [4.78, 5) is 11.2. The van der Waals surface area contributed by atoms with E-state index in [-0.39, 0.29) is 5.54 Å². The van der Waals surface area contributed by atoms with Gasteiger partial charge in [-0.2, -0.15) is 0 Å². The second-order valence-electron chi connectivity index (χ2n) is 3.93. The average molecular weight is 153 g/mol. The molecule has 0 heterocycles. The highest BCUT2D eigenvalue weighted by atomic mass is 16.1. The van der Waals surface area contributed by atoms with E-state index in [1.54, 1.807) is 6.92 Å². The summed E-state index contributed by atoms with van der Waals surface area (Å²) < 4.78 is 0. The van der Waals surface area contributed by atoms with Crippen molar-refractivity contribution >= 4 is 5.78 Å². The molecule has 2 rings (SSSR count). The zero-order valence-corrected chi connectivity index (χ0v) is 7.18. The van der Waals surface area contributed by atoms with Gasteiger partial charge in [-0.05, 0) is 45.1 Å². The molecule has 2 fully saturated rings. The monoisotopic (exact) mass is 153 g/mol. The minimum absolute atomic E-state index is 0.0961. The van der Waals surface area contributed by atoms with E-state index in [2.05, 4.69) is 5.32 Å². The van der Waals surface area contributed by atoms with Gasteiger partial charge in [0.05, 0.1) is 5.54 Å². The lowest BCUT2D eigenvalue weighted by Gasteiger charge is -2.11. The number of carbonyl (C=O) groups is 1. The van der Waals surface area contributed by atoms with Gasteiger partial charge in [0.1, 0.15) is 5.78 Å². The van der Waals surface area contributed by atoms with Crippen molar-refractivity contribution in [3.05, 3.63) is 0 Å². The van der Waals surface area contributed by atoms with Crippen molar-refractivity contribution in [2.24, 2.45) is 11.8 Å². The number of nitrogens with one attached hydrogen (secondary N) is 1. The van der Waals surface area contributed by atoms with Crippen molar-refractivity contribution in [2.75, 3.05) is 7.05 Å². The lowest BCUT2D eigenvalue weighted by molar-refractivity contribution is -0.120. The van der Waals surface area contributed by atoms with Gasteiger partial charge in [0.2, 0.25) is 0 Å². The van der Waals surface area contributed by atoms with Gasteiger partial charge in [-0.15, -0.1) is 0 Å². The Balaban J connectivity index is 2.05. The van der Waals surface area contributed by atoms with Gasteiger partial charge in [0, 0.05) is 0 Å². The summed E-state index contributed by atoms with van der Waals surface area (Å²) >= 11 is 0. The van der Waals surface area contributed by atoms with E-state index >= 15 is 0 Å². The van der Waals surface area contributed by atoms with Crippen molar-refractivity contribution in [1.29, 1.82) is 0 Å². The van der Waals surface area contributed by atoms with Crippen LogP contribution in [0.4, 0.5) is 0 Å². The molecule has 0 unspecified atom stereocenters. The number of hydrogen-bond acceptors (Lipinski definition) is 2. The van der Waals surface area contributed by atoms with Crippen LogP contribution in [0.15, 0.2) is 0 Å². The van der Waals surface area contributed by atoms with Crippen LogP contribution in [-0.4, -0.2) is 18.4 Å². The zero-order chi connectivity index (χ0) is 8.06. The Bertz CT molecular complexity index is 198. The summed E-state index contributed by atoms with van der Waals surface area (Å²) in [5, 5.41) is 3.17. The van der Waals surface area contributed by atoms with Gasteiger partial charge in [-0.1, -0.05) is 0 Å². The molecule has 2 atom stereocenters. The number of likely N-dealkylation sites (N-methyl/N-ethyl adjacent to an activating group) is 1. The molecule has 0 radical (unpaired) electrons. The number of Topliss-reactive ketones (excluding diaryl/α,β-unsaturated/α-hetero) is 1. The van der Waals surface area contributed by atoms with Gasteiger partial charge in [-0.25, -0.2) is 0 Å². The van der Waals surface area contributed by atoms with Crippen molar-refractivity contribution in [3.8, 4) is 0 Å². The second-order valence-corrected chi connectivity index (χ2v) is 3.93. The highest BCUT2D eigenvalue weighted by Crippen LogP contribution is 2.57. The third-order valence-corrected chi connectivity index (χ3v) is 3.28. The fraction of sp³-hybridized carbons (Fsp3) is 0.889. The SMILES string of the molecule is CN[C@]1(C(C)=O)C[C@H]1C1CC1. The smallest absolute Gasteiger partial charge is 0.150 e. The Hall–Kier alpha value is -0.370. The molecule has 0 aromatic heterocycles. The van der Waals surface area contributed by atoms with Crippen molar-refractivity contribution in [2.45, 2.75) is 31.7 Å². The normalized spacial score (nSPS) is 42.2. The number of hydrogen-bond donors (Lipinski definition) is 1. The largest absolute Gasteiger partial charge is 0.308 e. The number of rotatable bonds is 3. The molecule has 1 N–H and O–H groups in total. The molecule has 11 heavy (non-hydrogen) atoms. The molecule has 0 aliphatic heterocycles. The van der Waals surface area contributed by atoms with Crippen LogP contribution in [0.2, 0.25) is 0 Å². The molecule has 2 heteroatoms. The lowest BCUT2D eigenvalue weighted by Crippen LogP contribution is -2.37. The van der Waals surface area contributed by atoms with Crippen molar-refractivity contribution in [3.63, 3.8) is 0 Å². The molecule has 2 nitrogen and oxygen atoms in total. The fourth-order valence-corrected chi connectivity index (χ4v) is 2.22. The molecule has 0 amide bonds. The Labute approximate surface area is 67.4 Å². The fourth-order valence-electron chi connectivity index (χ4n) is 2.22. The third kappa shape index (κ3) is 0.924. The van der Waals surface area contributed by atoms with Crippen LogP contribution >= 0.6 is 0 Å². The Morgan fingerprint density at radius 1 is 1.55 bits per heavy atom. The molecule has 2 aliphatic carbocycles. The maximum absolute atomic E-state index is 11.2. The predicted molar refractivity (Wildman–Crippen MR) is 43.3 cm³/mol. The predicted octanol–water partition coefficient (Wildman–Crippen LogP) is 0.963. The van der Waals surface area contributed by atoms with Crippen LogP contribution in [0.5, 0.6) is 0 Å². The van der Waals surface area contributed by atoms with Crippen molar-refractivity contribution < 1.29 is 4.79 Å². The molecule has 0 spiro atoms. The van der Waals surface area contributed by atoms with Crippen LogP contribution in [0.25, 0.3) is 0 Å². The quantitative estimate of drug-likeness (QED) is 0.654. The summed E-state index contributed by atoms with van der Waals surface area (Å²) in [7, 11) is 1.91. The van der Waals surface area contributed by atoms with Crippen molar-refractivity contribution in [1.82, 2.24) is 5.32 Å². The molecule has 2 saturated carbocycles. The van der Waals surface area contributed by atoms with Crippen LogP contribution in [0, 0.1) is 11.8 Å². The second kappa shape index (κ2) is 2.07. The summed E-state index contributed by atoms with van der Waals surface area (Å²) in [5.74, 6) is 1.87. The van der Waals surface area contributed by atoms with E-state index in [1.807, 2.05) is 7.05 Å². The highest BCUT2D eigenvalue weighted by molar-refractivity contribution is 5.90. The van der Waals surface area contributed by atoms with Crippen LogP contribution in [-0.2, 0) is 4.79 Å². The van der Waals surface area contributed by atoms with E-state index in [0.29, 0.717) is 11.7 Å². The summed E-state index contributed by atoms with van der Waals surface area (Å²) in [5.41, 5.74) is -0.0961. The first-order valence-electron chi connectivity index (χ1n) is 4.40. The van der Waals surface area contributed by atoms with Gasteiger partial charge in [-0.3, -0.25) is 4.79 Å². The molecule has 0 aromatic rings. The lowest BCUT2D eigenvalue weighted by atomic mass is 10.1. The average Bonchev–Trinajstić information content (AvgIpc) is 2.83. The maximum atomic E-state index is 11.2. The van der Waals surface area contributed by atoms with Gasteiger partial charge < -0.3 is 5.32 Å². The van der Waals surface area contributed by atoms with Gasteiger partial charge in [0.25, 0.3) is 0 Å². The van der Waals surface area contributed by atoms with Gasteiger partial charge >= 0.3 is 0 Å². The molecule has 0 saturated heterocycles. The maximum Gasteiger partial charge on any atom is 0.150 e. The molecule has 62 valence electrons. The van der Waals surface area contributed by atoms with Crippen LogP contribution in [0.1, 0.15) is 26.2 Å². The van der Waals surface area contributed by atoms with E-state index in [4.69, 9.17) is 0 Å². The summed E-state index contributed by atoms with van der Waals surface area (Å²) in [6.45, 7) is 1.71. The van der Waals surface area contributed by atoms with E-state index in [1.165, 1.54) is 12.8 Å². The first-order valence-corrected chi connectivity index (χ1v) is 4.40. The topological polar surface area (TPSA) is 29.1 Å². The standard InChI is InChI=1S/C9H15NO/c1-6(11)9(10-2)5-8(9)7-3-4-7/h7-8,10H,3-5H2,1-2H3/t8-,9-/m0/s1. The molecule has 2 aliphatic rings.